The van der Waals surface area contributed by atoms with Crippen LogP contribution in [0, 0.1) is 11.8 Å². The molecule has 5 nitrogen and oxygen atoms in total. The highest BCUT2D eigenvalue weighted by Crippen LogP contribution is 2.61. The lowest BCUT2D eigenvalue weighted by Crippen LogP contribution is -2.53. The van der Waals surface area contributed by atoms with Gasteiger partial charge in [-0.25, -0.2) is 0 Å². The van der Waals surface area contributed by atoms with Gasteiger partial charge in [0.2, 0.25) is 17.7 Å². The number of hydrogen-bond acceptors (Lipinski definition) is 3. The van der Waals surface area contributed by atoms with Gasteiger partial charge in [-0.3, -0.25) is 19.3 Å². The second-order valence-corrected chi connectivity index (χ2v) is 10.9. The molecule has 3 aromatic rings. The van der Waals surface area contributed by atoms with Gasteiger partial charge in [-0.15, -0.1) is 0 Å². The summed E-state index contributed by atoms with van der Waals surface area (Å²) in [6, 6.07) is 25.5. The molecule has 2 fully saturated rings. The van der Waals surface area contributed by atoms with Gasteiger partial charge in [-0.2, -0.15) is 0 Å². The van der Waals surface area contributed by atoms with Crippen LogP contribution in [0.1, 0.15) is 58.9 Å². The lowest BCUT2D eigenvalue weighted by atomic mass is 9.55. The highest BCUT2D eigenvalue weighted by atomic mass is 16.2. The molecule has 3 amide bonds. The third kappa shape index (κ3) is 3.33. The van der Waals surface area contributed by atoms with Crippen LogP contribution in [0.3, 0.4) is 0 Å². The maximum atomic E-state index is 14.3. The van der Waals surface area contributed by atoms with Gasteiger partial charge in [0.1, 0.15) is 6.04 Å². The number of likely N-dealkylation sites (tertiary alicyclic amines) is 2. The Morgan fingerprint density at radius 1 is 0.676 bits per heavy atom. The molecule has 3 aromatic carbocycles. The first-order chi connectivity index (χ1) is 18.1. The molecule has 0 unspecified atom stereocenters. The van der Waals surface area contributed by atoms with E-state index in [1.165, 1.54) is 4.90 Å². The maximum absolute atomic E-state index is 14.3. The number of rotatable bonds is 4. The molecular formula is C32H30N2O3. The number of carbonyl (C=O) groups is 3. The normalized spacial score (nSPS) is 26.5. The number of nitrogens with zero attached hydrogens (tertiary/aromatic N) is 2. The number of carbonyl (C=O) groups excluding carboxylic acids is 3. The zero-order valence-electron chi connectivity index (χ0n) is 20.8. The van der Waals surface area contributed by atoms with Crippen LogP contribution in [0.25, 0.3) is 0 Å². The first-order valence-corrected chi connectivity index (χ1v) is 13.5. The minimum atomic E-state index is -0.809. The van der Waals surface area contributed by atoms with Crippen molar-refractivity contribution in [2.24, 2.45) is 11.8 Å². The van der Waals surface area contributed by atoms with Gasteiger partial charge in [0.15, 0.2) is 0 Å². The first-order valence-electron chi connectivity index (χ1n) is 13.5. The van der Waals surface area contributed by atoms with E-state index in [-0.39, 0.29) is 29.6 Å². The molecule has 0 N–H and O–H groups in total. The number of hydrogen-bond donors (Lipinski definition) is 0. The molecule has 2 aliphatic heterocycles. The summed E-state index contributed by atoms with van der Waals surface area (Å²) >= 11 is 0. The van der Waals surface area contributed by atoms with Crippen LogP contribution in [0.4, 0.5) is 0 Å². The standard InChI is InChI=1S/C32H30N2O3/c35-30(33-17-9-2-10-18-33)25(19-20-11-3-1-4-12-20)34-31(36)28-26-21-13-5-6-14-22(21)27(29(28)32(34)37)24-16-8-7-15-23(24)26/h1,3-8,11-16,25-29H,2,9-10,17-19H2/t25-,26?,27?,28-,29+/m1/s1. The van der Waals surface area contributed by atoms with E-state index in [4.69, 9.17) is 0 Å². The van der Waals surface area contributed by atoms with Crippen molar-refractivity contribution in [3.8, 4) is 0 Å². The molecule has 3 atom stereocenters. The lowest BCUT2D eigenvalue weighted by Gasteiger charge is -2.45. The zero-order valence-corrected chi connectivity index (χ0v) is 20.8. The number of amides is 3. The molecule has 8 rings (SSSR count). The van der Waals surface area contributed by atoms with Crippen molar-refractivity contribution in [3.63, 3.8) is 0 Å². The smallest absolute Gasteiger partial charge is 0.246 e. The Kier molecular flexibility index (Phi) is 5.27. The SMILES string of the molecule is O=C([C@@H](Cc1ccccc1)N1C(=O)[C@@H]2C3c4ccccc4C(c4ccccc43)[C@@H]2C1=O)N1CCCCC1. The molecule has 5 aliphatic rings. The van der Waals surface area contributed by atoms with E-state index in [1.54, 1.807) is 0 Å². The van der Waals surface area contributed by atoms with Crippen LogP contribution in [0.5, 0.6) is 0 Å². The van der Waals surface area contributed by atoms with Crippen molar-refractivity contribution < 1.29 is 14.4 Å². The number of piperidine rings is 1. The second-order valence-electron chi connectivity index (χ2n) is 10.9. The van der Waals surface area contributed by atoms with Gasteiger partial charge in [0.05, 0.1) is 11.8 Å². The topological polar surface area (TPSA) is 57.7 Å². The Balaban J connectivity index is 1.32. The molecule has 0 saturated carbocycles. The minimum absolute atomic E-state index is 0.0914. The first kappa shape index (κ1) is 22.5. The molecule has 2 bridgehead atoms. The van der Waals surface area contributed by atoms with E-state index in [0.29, 0.717) is 19.5 Å². The van der Waals surface area contributed by atoms with Crippen molar-refractivity contribution in [2.45, 2.75) is 43.6 Å². The molecule has 2 saturated heterocycles. The van der Waals surface area contributed by atoms with Crippen LogP contribution < -0.4 is 0 Å². The third-order valence-electron chi connectivity index (χ3n) is 9.02. The molecule has 0 radical (unpaired) electrons. The van der Waals surface area contributed by atoms with Gasteiger partial charge in [0, 0.05) is 31.3 Å². The van der Waals surface area contributed by atoms with Gasteiger partial charge in [-0.05, 0) is 47.1 Å². The Bertz CT molecular complexity index is 1280. The van der Waals surface area contributed by atoms with E-state index < -0.39 is 17.9 Å². The van der Waals surface area contributed by atoms with Gasteiger partial charge >= 0.3 is 0 Å². The fourth-order valence-electron chi connectivity index (χ4n) is 7.46. The highest BCUT2D eigenvalue weighted by molar-refractivity contribution is 6.10. The summed E-state index contributed by atoms with van der Waals surface area (Å²) in [7, 11) is 0. The summed E-state index contributed by atoms with van der Waals surface area (Å²) in [5.74, 6) is -1.70. The minimum Gasteiger partial charge on any atom is -0.341 e. The van der Waals surface area contributed by atoms with E-state index in [9.17, 15) is 14.4 Å². The van der Waals surface area contributed by atoms with Crippen LogP contribution in [-0.2, 0) is 20.8 Å². The summed E-state index contributed by atoms with van der Waals surface area (Å²) in [4.78, 5) is 45.9. The molecule has 186 valence electrons. The Morgan fingerprint density at radius 2 is 1.14 bits per heavy atom. The Labute approximate surface area is 217 Å². The van der Waals surface area contributed by atoms with Crippen molar-refractivity contribution in [1.29, 1.82) is 0 Å². The van der Waals surface area contributed by atoms with Crippen LogP contribution in [0.2, 0.25) is 0 Å². The average molecular weight is 491 g/mol. The highest BCUT2D eigenvalue weighted by Gasteiger charge is 2.63. The molecule has 0 spiro atoms. The monoisotopic (exact) mass is 490 g/mol. The van der Waals surface area contributed by atoms with E-state index in [0.717, 1.165) is 47.1 Å². The van der Waals surface area contributed by atoms with Gasteiger partial charge in [0.25, 0.3) is 0 Å². The molecule has 0 aromatic heterocycles. The van der Waals surface area contributed by atoms with Crippen LogP contribution in [-0.4, -0.2) is 46.7 Å². The van der Waals surface area contributed by atoms with Crippen molar-refractivity contribution in [3.05, 3.63) is 107 Å². The number of imide groups is 1. The average Bonchev–Trinajstić information content (AvgIpc) is 3.22. The summed E-state index contributed by atoms with van der Waals surface area (Å²) in [5.41, 5.74) is 5.56. The second kappa shape index (κ2) is 8.69. The maximum Gasteiger partial charge on any atom is 0.246 e. The summed E-state index contributed by atoms with van der Waals surface area (Å²) < 4.78 is 0. The lowest BCUT2D eigenvalue weighted by molar-refractivity contribution is -0.152. The van der Waals surface area contributed by atoms with Crippen LogP contribution >= 0.6 is 0 Å². The summed E-state index contributed by atoms with van der Waals surface area (Å²) in [6.45, 7) is 1.38. The van der Waals surface area contributed by atoms with Gasteiger partial charge in [-0.1, -0.05) is 78.9 Å². The predicted molar refractivity (Wildman–Crippen MR) is 140 cm³/mol. The zero-order chi connectivity index (χ0) is 25.1. The van der Waals surface area contributed by atoms with Crippen molar-refractivity contribution >= 4 is 17.7 Å². The largest absolute Gasteiger partial charge is 0.341 e. The van der Waals surface area contributed by atoms with Crippen molar-refractivity contribution in [1.82, 2.24) is 9.80 Å². The summed E-state index contributed by atoms with van der Waals surface area (Å²) in [6.07, 6.45) is 3.39. The molecular weight excluding hydrogens is 460 g/mol. The predicted octanol–water partition coefficient (Wildman–Crippen LogP) is 4.50. The Morgan fingerprint density at radius 3 is 1.62 bits per heavy atom. The summed E-state index contributed by atoms with van der Waals surface area (Å²) in [5, 5.41) is 0. The van der Waals surface area contributed by atoms with Crippen LogP contribution in [0.15, 0.2) is 78.9 Å². The Hall–Kier alpha value is -3.73. The molecule has 5 heteroatoms. The fourth-order valence-corrected chi connectivity index (χ4v) is 7.46. The van der Waals surface area contributed by atoms with E-state index in [1.807, 2.05) is 59.5 Å². The fraction of sp³-hybridized carbons (Fsp3) is 0.344. The van der Waals surface area contributed by atoms with E-state index >= 15 is 0 Å². The molecule has 2 heterocycles. The molecule has 3 aliphatic carbocycles. The van der Waals surface area contributed by atoms with Crippen molar-refractivity contribution in [2.75, 3.05) is 13.1 Å². The van der Waals surface area contributed by atoms with E-state index in [2.05, 4.69) is 24.3 Å². The molecule has 37 heavy (non-hydrogen) atoms. The number of benzene rings is 3. The quantitative estimate of drug-likeness (QED) is 0.506. The van der Waals surface area contributed by atoms with Gasteiger partial charge < -0.3 is 4.90 Å². The third-order valence-corrected chi connectivity index (χ3v) is 9.02.